The summed E-state index contributed by atoms with van der Waals surface area (Å²) < 4.78 is 14.0. The molecule has 0 saturated carbocycles. The average Bonchev–Trinajstić information content (AvgIpc) is 2.97. The molecule has 1 saturated heterocycles. The lowest BCUT2D eigenvalue weighted by molar-refractivity contribution is 0.0731. The monoisotopic (exact) mass is 317 g/mol. The van der Waals surface area contributed by atoms with Crippen molar-refractivity contribution in [3.63, 3.8) is 0 Å². The zero-order valence-corrected chi connectivity index (χ0v) is 13.1. The molecule has 0 unspecified atom stereocenters. The number of halogens is 2. The fraction of sp³-hybridized carbons (Fsp3) is 0.278. The summed E-state index contributed by atoms with van der Waals surface area (Å²) in [6.45, 7) is 2.68. The number of amides is 1. The van der Waals surface area contributed by atoms with Gasteiger partial charge in [-0.3, -0.25) is 4.79 Å². The highest BCUT2D eigenvalue weighted by Gasteiger charge is 2.31. The van der Waals surface area contributed by atoms with E-state index < -0.39 is 5.82 Å². The quantitative estimate of drug-likeness (QED) is 0.781. The molecule has 0 N–H and O–H groups in total. The molecule has 2 aromatic rings. The SMILES string of the molecule is Cc1ccc([C@H]2CCCN2C(=O)c2ccc(Cl)cc2F)cc1. The highest BCUT2D eigenvalue weighted by molar-refractivity contribution is 6.30. The zero-order valence-electron chi connectivity index (χ0n) is 12.4. The van der Waals surface area contributed by atoms with E-state index in [1.165, 1.54) is 17.7 Å². The van der Waals surface area contributed by atoms with Gasteiger partial charge in [0.1, 0.15) is 5.82 Å². The van der Waals surface area contributed by atoms with Crippen LogP contribution in [0.1, 0.15) is 40.4 Å². The number of aryl methyl sites for hydroxylation is 1. The third kappa shape index (κ3) is 2.86. The summed E-state index contributed by atoms with van der Waals surface area (Å²) >= 11 is 5.76. The fourth-order valence-electron chi connectivity index (χ4n) is 2.96. The van der Waals surface area contributed by atoms with Gasteiger partial charge in [-0.1, -0.05) is 41.4 Å². The van der Waals surface area contributed by atoms with E-state index in [0.29, 0.717) is 11.6 Å². The molecule has 1 amide bonds. The number of hydrogen-bond donors (Lipinski definition) is 0. The molecule has 2 nitrogen and oxygen atoms in total. The summed E-state index contributed by atoms with van der Waals surface area (Å²) in [6, 6.07) is 12.4. The molecule has 1 aliphatic heterocycles. The zero-order chi connectivity index (χ0) is 15.7. The van der Waals surface area contributed by atoms with Crippen LogP contribution in [0.25, 0.3) is 0 Å². The Balaban J connectivity index is 1.89. The summed E-state index contributed by atoms with van der Waals surface area (Å²) in [7, 11) is 0. The molecule has 0 bridgehead atoms. The van der Waals surface area contributed by atoms with Crippen molar-refractivity contribution in [2.45, 2.75) is 25.8 Å². The number of nitrogens with zero attached hydrogens (tertiary/aromatic N) is 1. The first-order valence-corrected chi connectivity index (χ1v) is 7.76. The van der Waals surface area contributed by atoms with Crippen LogP contribution in [0, 0.1) is 12.7 Å². The van der Waals surface area contributed by atoms with Gasteiger partial charge < -0.3 is 4.90 Å². The molecule has 114 valence electrons. The van der Waals surface area contributed by atoms with E-state index in [9.17, 15) is 9.18 Å². The number of rotatable bonds is 2. The second-order valence-electron chi connectivity index (χ2n) is 5.69. The maximum atomic E-state index is 14.0. The number of hydrogen-bond acceptors (Lipinski definition) is 1. The molecule has 0 aliphatic carbocycles. The number of carbonyl (C=O) groups is 1. The van der Waals surface area contributed by atoms with Crippen LogP contribution in [0.4, 0.5) is 4.39 Å². The summed E-state index contributed by atoms with van der Waals surface area (Å²) in [4.78, 5) is 14.4. The molecular formula is C18H17ClFNO. The van der Waals surface area contributed by atoms with Crippen molar-refractivity contribution < 1.29 is 9.18 Å². The van der Waals surface area contributed by atoms with Gasteiger partial charge in [0.05, 0.1) is 11.6 Å². The van der Waals surface area contributed by atoms with Crippen LogP contribution in [0.15, 0.2) is 42.5 Å². The standard InChI is InChI=1S/C18H17ClFNO/c1-12-4-6-13(7-5-12)17-3-2-10-21(17)18(22)15-9-8-14(19)11-16(15)20/h4-9,11,17H,2-3,10H2,1H3/t17-/m1/s1. The molecular weight excluding hydrogens is 301 g/mol. The van der Waals surface area contributed by atoms with Gasteiger partial charge in [-0.2, -0.15) is 0 Å². The van der Waals surface area contributed by atoms with E-state index in [4.69, 9.17) is 11.6 Å². The lowest BCUT2D eigenvalue weighted by atomic mass is 10.0. The maximum absolute atomic E-state index is 14.0. The van der Waals surface area contributed by atoms with E-state index in [1.807, 2.05) is 31.2 Å². The summed E-state index contributed by atoms with van der Waals surface area (Å²) in [5.74, 6) is -0.829. The van der Waals surface area contributed by atoms with Gasteiger partial charge in [0.25, 0.3) is 5.91 Å². The summed E-state index contributed by atoms with van der Waals surface area (Å²) in [6.07, 6.45) is 1.84. The van der Waals surface area contributed by atoms with Crippen LogP contribution in [-0.2, 0) is 0 Å². The second-order valence-corrected chi connectivity index (χ2v) is 6.13. The number of likely N-dealkylation sites (tertiary alicyclic amines) is 1. The van der Waals surface area contributed by atoms with Gasteiger partial charge in [-0.25, -0.2) is 4.39 Å². The van der Waals surface area contributed by atoms with Crippen molar-refractivity contribution in [1.29, 1.82) is 0 Å². The number of carbonyl (C=O) groups excluding carboxylic acids is 1. The van der Waals surface area contributed by atoms with Crippen LogP contribution in [0.3, 0.4) is 0 Å². The van der Waals surface area contributed by atoms with E-state index in [0.717, 1.165) is 18.4 Å². The Morgan fingerprint density at radius 2 is 1.95 bits per heavy atom. The van der Waals surface area contributed by atoms with Gasteiger partial charge >= 0.3 is 0 Å². The Bertz CT molecular complexity index is 699. The van der Waals surface area contributed by atoms with Crippen LogP contribution in [0.2, 0.25) is 5.02 Å². The van der Waals surface area contributed by atoms with E-state index in [-0.39, 0.29) is 17.5 Å². The predicted molar refractivity (Wildman–Crippen MR) is 85.6 cm³/mol. The third-order valence-corrected chi connectivity index (χ3v) is 4.37. The second kappa shape index (κ2) is 6.09. The van der Waals surface area contributed by atoms with Gasteiger partial charge in [0.2, 0.25) is 0 Å². The van der Waals surface area contributed by atoms with E-state index in [2.05, 4.69) is 0 Å². The minimum absolute atomic E-state index is 0.0168. The summed E-state index contributed by atoms with van der Waals surface area (Å²) in [5.41, 5.74) is 2.37. The highest BCUT2D eigenvalue weighted by atomic mass is 35.5. The van der Waals surface area contributed by atoms with Gasteiger partial charge in [-0.15, -0.1) is 0 Å². The van der Waals surface area contributed by atoms with E-state index >= 15 is 0 Å². The molecule has 22 heavy (non-hydrogen) atoms. The lowest BCUT2D eigenvalue weighted by Crippen LogP contribution is -2.31. The first kappa shape index (κ1) is 15.0. The highest BCUT2D eigenvalue weighted by Crippen LogP contribution is 2.33. The van der Waals surface area contributed by atoms with Gasteiger partial charge in [0, 0.05) is 11.6 Å². The van der Waals surface area contributed by atoms with Crippen molar-refractivity contribution >= 4 is 17.5 Å². The Kier molecular flexibility index (Phi) is 4.16. The summed E-state index contributed by atoms with van der Waals surface area (Å²) in [5, 5.41) is 0.297. The molecule has 1 atom stereocenters. The molecule has 0 aromatic heterocycles. The van der Waals surface area contributed by atoms with Crippen molar-refractivity contribution in [3.05, 3.63) is 70.0 Å². The largest absolute Gasteiger partial charge is 0.332 e. The van der Waals surface area contributed by atoms with Crippen LogP contribution >= 0.6 is 11.6 Å². The molecule has 1 heterocycles. The normalized spacial score (nSPS) is 17.8. The Morgan fingerprint density at radius 3 is 2.64 bits per heavy atom. The van der Waals surface area contributed by atoms with Crippen molar-refractivity contribution in [3.8, 4) is 0 Å². The van der Waals surface area contributed by atoms with Gasteiger partial charge in [0.15, 0.2) is 0 Å². The number of benzene rings is 2. The molecule has 3 rings (SSSR count). The Hall–Kier alpha value is -1.87. The first-order valence-electron chi connectivity index (χ1n) is 7.39. The minimum atomic E-state index is -0.563. The smallest absolute Gasteiger partial charge is 0.257 e. The maximum Gasteiger partial charge on any atom is 0.257 e. The van der Waals surface area contributed by atoms with Crippen molar-refractivity contribution in [2.75, 3.05) is 6.54 Å². The van der Waals surface area contributed by atoms with E-state index in [1.54, 1.807) is 11.0 Å². The molecule has 1 fully saturated rings. The minimum Gasteiger partial charge on any atom is -0.332 e. The molecule has 0 radical (unpaired) electrons. The van der Waals surface area contributed by atoms with Crippen molar-refractivity contribution in [2.24, 2.45) is 0 Å². The van der Waals surface area contributed by atoms with Gasteiger partial charge in [-0.05, 0) is 43.5 Å². The fourth-order valence-corrected chi connectivity index (χ4v) is 3.12. The van der Waals surface area contributed by atoms with Crippen LogP contribution in [0.5, 0.6) is 0 Å². The topological polar surface area (TPSA) is 20.3 Å². The van der Waals surface area contributed by atoms with Crippen molar-refractivity contribution in [1.82, 2.24) is 4.90 Å². The Labute approximate surface area is 134 Å². The molecule has 2 aromatic carbocycles. The molecule has 1 aliphatic rings. The van der Waals surface area contributed by atoms with Crippen LogP contribution in [-0.4, -0.2) is 17.4 Å². The third-order valence-electron chi connectivity index (χ3n) is 4.14. The molecule has 0 spiro atoms. The first-order chi connectivity index (χ1) is 10.6. The van der Waals surface area contributed by atoms with Crippen LogP contribution < -0.4 is 0 Å². The lowest BCUT2D eigenvalue weighted by Gasteiger charge is -2.25. The average molecular weight is 318 g/mol. The predicted octanol–water partition coefficient (Wildman–Crippen LogP) is 4.76. The molecule has 4 heteroatoms. The Morgan fingerprint density at radius 1 is 1.23 bits per heavy atom.